The molecule has 3 heterocycles. The Morgan fingerprint density at radius 2 is 1.84 bits per heavy atom. The molecule has 0 saturated heterocycles. The summed E-state index contributed by atoms with van der Waals surface area (Å²) in [6.07, 6.45) is 0.909. The minimum atomic E-state index is -0.506. The molecule has 0 amide bonds. The number of carbonyl (C=O) groups is 1. The highest BCUT2D eigenvalue weighted by Gasteiger charge is 2.27. The van der Waals surface area contributed by atoms with Gasteiger partial charge in [0.05, 0.1) is 23.3 Å². The van der Waals surface area contributed by atoms with Gasteiger partial charge < -0.3 is 19.9 Å². The van der Waals surface area contributed by atoms with Crippen molar-refractivity contribution in [2.75, 3.05) is 25.6 Å². The fraction of sp³-hybridized carbons (Fsp3) is 0.292. The highest BCUT2D eigenvalue weighted by atomic mass is 16.6. The van der Waals surface area contributed by atoms with Crippen molar-refractivity contribution in [3.05, 3.63) is 48.0 Å². The monoisotopic (exact) mass is 432 g/mol. The number of benzene rings is 2. The topological polar surface area (TPSA) is 101 Å². The van der Waals surface area contributed by atoms with Crippen molar-refractivity contribution in [2.24, 2.45) is 5.92 Å². The molecular weight excluding hydrogens is 408 g/mol. The van der Waals surface area contributed by atoms with E-state index in [4.69, 9.17) is 29.9 Å². The summed E-state index contributed by atoms with van der Waals surface area (Å²) in [4.78, 5) is 22.6. The van der Waals surface area contributed by atoms with Gasteiger partial charge in [-0.25, -0.2) is 14.8 Å². The van der Waals surface area contributed by atoms with Crippen molar-refractivity contribution in [2.45, 2.75) is 20.3 Å². The maximum Gasteiger partial charge on any atom is 0.344 e. The lowest BCUT2D eigenvalue weighted by Gasteiger charge is -2.19. The van der Waals surface area contributed by atoms with Gasteiger partial charge in [-0.05, 0) is 30.2 Å². The first kappa shape index (κ1) is 20.1. The quantitative estimate of drug-likeness (QED) is 0.473. The number of fused-ring (bicyclic) bond motifs is 3. The SMILES string of the molecule is CC[C@@H](C)COC(=O)c1c(N)n(-c2ccc3c(c2)OCCO3)c2nc3ccccc3nc12. The second kappa shape index (κ2) is 8.03. The third-order valence-electron chi connectivity index (χ3n) is 5.68. The molecule has 1 aliphatic heterocycles. The second-order valence-electron chi connectivity index (χ2n) is 7.92. The van der Waals surface area contributed by atoms with Crippen LogP contribution in [0, 0.1) is 5.92 Å². The van der Waals surface area contributed by atoms with Crippen LogP contribution in [0.1, 0.15) is 30.6 Å². The van der Waals surface area contributed by atoms with Crippen LogP contribution in [-0.2, 0) is 4.74 Å². The predicted octanol–water partition coefficient (Wildman–Crippen LogP) is 4.13. The second-order valence-corrected chi connectivity index (χ2v) is 7.92. The molecule has 5 rings (SSSR count). The van der Waals surface area contributed by atoms with Gasteiger partial charge in [0, 0.05) is 6.07 Å². The molecule has 0 bridgehead atoms. The number of hydrogen-bond donors (Lipinski definition) is 1. The Hall–Kier alpha value is -3.81. The van der Waals surface area contributed by atoms with E-state index in [1.165, 1.54) is 0 Å². The van der Waals surface area contributed by atoms with Crippen molar-refractivity contribution in [1.29, 1.82) is 0 Å². The summed E-state index contributed by atoms with van der Waals surface area (Å²) in [6.45, 7) is 5.37. The first-order chi connectivity index (χ1) is 15.6. The zero-order chi connectivity index (χ0) is 22.2. The average Bonchev–Trinajstić information content (AvgIpc) is 3.11. The number of ether oxygens (including phenoxy) is 3. The van der Waals surface area contributed by atoms with E-state index >= 15 is 0 Å². The number of nitrogen functional groups attached to an aromatic ring is 1. The number of carbonyl (C=O) groups excluding carboxylic acids is 1. The van der Waals surface area contributed by atoms with E-state index < -0.39 is 5.97 Å². The van der Waals surface area contributed by atoms with E-state index in [-0.39, 0.29) is 17.3 Å². The summed E-state index contributed by atoms with van der Waals surface area (Å²) in [5, 5.41) is 0. The van der Waals surface area contributed by atoms with Gasteiger partial charge in [0.2, 0.25) is 0 Å². The minimum Gasteiger partial charge on any atom is -0.486 e. The van der Waals surface area contributed by atoms with Crippen LogP contribution in [0.4, 0.5) is 5.82 Å². The van der Waals surface area contributed by atoms with E-state index in [2.05, 4.69) is 6.92 Å². The van der Waals surface area contributed by atoms with E-state index in [0.29, 0.717) is 59.2 Å². The Morgan fingerprint density at radius 1 is 1.12 bits per heavy atom. The minimum absolute atomic E-state index is 0.219. The van der Waals surface area contributed by atoms with E-state index in [1.54, 1.807) is 4.57 Å². The zero-order valence-electron chi connectivity index (χ0n) is 18.0. The smallest absolute Gasteiger partial charge is 0.344 e. The highest BCUT2D eigenvalue weighted by Crippen LogP contribution is 2.36. The molecule has 0 unspecified atom stereocenters. The zero-order valence-corrected chi connectivity index (χ0v) is 18.0. The van der Waals surface area contributed by atoms with Crippen LogP contribution in [0.15, 0.2) is 42.5 Å². The van der Waals surface area contributed by atoms with Crippen LogP contribution in [-0.4, -0.2) is 40.3 Å². The Kier molecular flexibility index (Phi) is 5.05. The van der Waals surface area contributed by atoms with Crippen molar-refractivity contribution < 1.29 is 19.0 Å². The standard InChI is InChI=1S/C24H24N4O4/c1-3-14(2)13-32-24(29)20-21-23(27-17-7-5-4-6-16(17)26-21)28(22(20)25)15-8-9-18-19(12-15)31-11-10-30-18/h4-9,12,14H,3,10-11,13,25H2,1-2H3/t14-/m1/s1. The third-order valence-corrected chi connectivity index (χ3v) is 5.68. The van der Waals surface area contributed by atoms with Gasteiger partial charge in [-0.15, -0.1) is 0 Å². The van der Waals surface area contributed by atoms with Crippen LogP contribution >= 0.6 is 0 Å². The summed E-state index contributed by atoms with van der Waals surface area (Å²) in [5.74, 6) is 1.25. The van der Waals surface area contributed by atoms with Crippen molar-refractivity contribution in [3.63, 3.8) is 0 Å². The summed E-state index contributed by atoms with van der Waals surface area (Å²) in [5.41, 5.74) is 9.72. The number of para-hydroxylation sites is 2. The van der Waals surface area contributed by atoms with Gasteiger partial charge >= 0.3 is 5.97 Å². The Labute approximate surface area is 184 Å². The van der Waals surface area contributed by atoms with Crippen LogP contribution in [0.25, 0.3) is 27.9 Å². The fourth-order valence-electron chi connectivity index (χ4n) is 3.70. The summed E-state index contributed by atoms with van der Waals surface area (Å²) >= 11 is 0. The van der Waals surface area contributed by atoms with E-state index in [0.717, 1.165) is 6.42 Å². The maximum atomic E-state index is 13.1. The van der Waals surface area contributed by atoms with Crippen molar-refractivity contribution in [1.82, 2.24) is 14.5 Å². The third kappa shape index (κ3) is 3.37. The first-order valence-corrected chi connectivity index (χ1v) is 10.7. The van der Waals surface area contributed by atoms with Gasteiger partial charge in [-0.3, -0.25) is 4.57 Å². The number of esters is 1. The number of aromatic nitrogens is 3. The highest BCUT2D eigenvalue weighted by molar-refractivity contribution is 6.09. The summed E-state index contributed by atoms with van der Waals surface area (Å²) < 4.78 is 18.7. The first-order valence-electron chi connectivity index (χ1n) is 10.7. The summed E-state index contributed by atoms with van der Waals surface area (Å²) in [6, 6.07) is 13.0. The van der Waals surface area contributed by atoms with Crippen molar-refractivity contribution >= 4 is 34.0 Å². The molecule has 2 aromatic carbocycles. The number of hydrogen-bond acceptors (Lipinski definition) is 7. The van der Waals surface area contributed by atoms with Gasteiger partial charge in [0.1, 0.15) is 30.1 Å². The van der Waals surface area contributed by atoms with Gasteiger partial charge in [-0.1, -0.05) is 32.4 Å². The van der Waals surface area contributed by atoms with Crippen LogP contribution in [0.2, 0.25) is 0 Å². The number of nitrogens with two attached hydrogens (primary N) is 1. The Morgan fingerprint density at radius 3 is 2.59 bits per heavy atom. The molecule has 2 aromatic heterocycles. The van der Waals surface area contributed by atoms with Crippen molar-refractivity contribution in [3.8, 4) is 17.2 Å². The number of anilines is 1. The Balaban J connectivity index is 1.71. The number of rotatable bonds is 5. The largest absolute Gasteiger partial charge is 0.486 e. The normalized spacial score (nSPS) is 13.9. The maximum absolute atomic E-state index is 13.1. The molecule has 4 aromatic rings. The lowest BCUT2D eigenvalue weighted by atomic mass is 10.1. The molecule has 0 fully saturated rings. The molecule has 0 spiro atoms. The van der Waals surface area contributed by atoms with E-state index in [9.17, 15) is 4.79 Å². The lowest BCUT2D eigenvalue weighted by molar-refractivity contribution is 0.0450. The molecule has 0 radical (unpaired) electrons. The lowest BCUT2D eigenvalue weighted by Crippen LogP contribution is -2.16. The average molecular weight is 432 g/mol. The van der Waals surface area contributed by atoms with Gasteiger partial charge in [0.15, 0.2) is 17.1 Å². The van der Waals surface area contributed by atoms with Gasteiger partial charge in [0.25, 0.3) is 0 Å². The molecule has 8 heteroatoms. The molecular formula is C24H24N4O4. The molecule has 164 valence electrons. The summed E-state index contributed by atoms with van der Waals surface area (Å²) in [7, 11) is 0. The number of nitrogens with zero attached hydrogens (tertiary/aromatic N) is 3. The molecule has 0 saturated carbocycles. The molecule has 0 aliphatic carbocycles. The Bertz CT molecular complexity index is 1330. The fourth-order valence-corrected chi connectivity index (χ4v) is 3.70. The molecule has 1 aliphatic rings. The predicted molar refractivity (Wildman–Crippen MR) is 122 cm³/mol. The molecule has 2 N–H and O–H groups in total. The molecule has 1 atom stereocenters. The van der Waals surface area contributed by atoms with E-state index in [1.807, 2.05) is 49.4 Å². The van der Waals surface area contributed by atoms with Gasteiger partial charge in [-0.2, -0.15) is 0 Å². The molecule has 32 heavy (non-hydrogen) atoms. The van der Waals surface area contributed by atoms with Crippen LogP contribution in [0.3, 0.4) is 0 Å². The van der Waals surface area contributed by atoms with Crippen LogP contribution in [0.5, 0.6) is 11.5 Å². The molecule has 8 nitrogen and oxygen atoms in total. The van der Waals surface area contributed by atoms with Crippen LogP contribution < -0.4 is 15.2 Å².